The summed E-state index contributed by atoms with van der Waals surface area (Å²) in [5.41, 5.74) is 4.13. The van der Waals surface area contributed by atoms with Gasteiger partial charge in [0.25, 0.3) is 0 Å². The summed E-state index contributed by atoms with van der Waals surface area (Å²) in [4.78, 5) is 29.0. The van der Waals surface area contributed by atoms with E-state index in [9.17, 15) is 4.79 Å². The van der Waals surface area contributed by atoms with Crippen molar-refractivity contribution in [2.45, 2.75) is 26.3 Å². The maximum Gasteiger partial charge on any atom is 0.425 e. The van der Waals surface area contributed by atoms with Gasteiger partial charge in [0.05, 0.1) is 19.9 Å². The number of hydrogen-bond donors (Lipinski definition) is 1. The van der Waals surface area contributed by atoms with Crippen LogP contribution >= 0.6 is 0 Å². The molecule has 1 amide bonds. The molecule has 10 heteroatoms. The van der Waals surface area contributed by atoms with Crippen LogP contribution in [0.2, 0.25) is 0 Å². The van der Waals surface area contributed by atoms with E-state index < -0.39 is 6.09 Å². The summed E-state index contributed by atoms with van der Waals surface area (Å²) in [7, 11) is 7.36. The molecule has 1 aromatic heterocycles. The van der Waals surface area contributed by atoms with Gasteiger partial charge in [-0.3, -0.25) is 0 Å². The first-order chi connectivity index (χ1) is 20.8. The number of anilines is 5. The van der Waals surface area contributed by atoms with Crippen molar-refractivity contribution in [2.75, 3.05) is 56.5 Å². The highest BCUT2D eigenvalue weighted by Gasteiger charge is 2.27. The van der Waals surface area contributed by atoms with Gasteiger partial charge in [-0.25, -0.2) is 14.7 Å². The molecule has 224 valence electrons. The molecule has 0 unspecified atom stereocenters. The topological polar surface area (TPSA) is 92.3 Å². The largest absolute Gasteiger partial charge is 0.497 e. The van der Waals surface area contributed by atoms with Gasteiger partial charge in [0.15, 0.2) is 0 Å². The van der Waals surface area contributed by atoms with E-state index in [1.807, 2.05) is 44.2 Å². The summed E-state index contributed by atoms with van der Waals surface area (Å²) < 4.78 is 17.0. The first kappa shape index (κ1) is 29.7. The molecule has 0 spiro atoms. The lowest BCUT2D eigenvalue weighted by molar-refractivity contribution is 0.209. The predicted molar refractivity (Wildman–Crippen MR) is 170 cm³/mol. The number of hydrogen-bond acceptors (Lipinski definition) is 9. The molecule has 4 aromatic rings. The van der Waals surface area contributed by atoms with Gasteiger partial charge in [-0.2, -0.15) is 4.98 Å². The van der Waals surface area contributed by atoms with Gasteiger partial charge < -0.3 is 29.3 Å². The third kappa shape index (κ3) is 6.65. The average molecular weight is 583 g/mol. The van der Waals surface area contributed by atoms with Gasteiger partial charge in [-0.05, 0) is 81.9 Å². The molecule has 3 aromatic carbocycles. The predicted octanol–water partition coefficient (Wildman–Crippen LogP) is 6.33. The lowest BCUT2D eigenvalue weighted by Crippen LogP contribution is -2.31. The molecule has 5 rings (SSSR count). The molecule has 1 fully saturated rings. The molecule has 2 heterocycles. The van der Waals surface area contributed by atoms with E-state index >= 15 is 0 Å². The van der Waals surface area contributed by atoms with Crippen LogP contribution in [0.4, 0.5) is 33.6 Å². The molecule has 10 nitrogen and oxygen atoms in total. The number of nitrogens with zero attached hydrogens (tertiary/aromatic N) is 5. The molecular weight excluding hydrogens is 544 g/mol. The monoisotopic (exact) mass is 582 g/mol. The Labute approximate surface area is 252 Å². The van der Waals surface area contributed by atoms with Gasteiger partial charge in [0.2, 0.25) is 5.95 Å². The third-order valence-corrected chi connectivity index (χ3v) is 7.66. The van der Waals surface area contributed by atoms with E-state index in [1.165, 1.54) is 17.7 Å². The molecule has 0 aliphatic carbocycles. The van der Waals surface area contributed by atoms with Gasteiger partial charge in [-0.15, -0.1) is 0 Å². The zero-order valence-electron chi connectivity index (χ0n) is 25.5. The first-order valence-electron chi connectivity index (χ1n) is 14.2. The van der Waals surface area contributed by atoms with Crippen molar-refractivity contribution >= 4 is 34.9 Å². The Bertz CT molecular complexity index is 1560. The number of methoxy groups -OCH3 is 2. The minimum absolute atomic E-state index is 0.306. The Morgan fingerprint density at radius 1 is 0.977 bits per heavy atom. The second-order valence-electron chi connectivity index (χ2n) is 10.7. The molecule has 0 saturated carbocycles. The molecule has 1 saturated heterocycles. The highest BCUT2D eigenvalue weighted by molar-refractivity contribution is 5.98. The molecule has 1 N–H and O–H groups in total. The van der Waals surface area contributed by atoms with E-state index in [4.69, 9.17) is 19.2 Å². The second kappa shape index (κ2) is 13.0. The number of aryl methyl sites for hydroxylation is 2. The van der Waals surface area contributed by atoms with Crippen molar-refractivity contribution < 1.29 is 19.0 Å². The summed E-state index contributed by atoms with van der Waals surface area (Å²) in [6.07, 6.45) is 2.10. The van der Waals surface area contributed by atoms with Crippen molar-refractivity contribution in [1.29, 1.82) is 0 Å². The van der Waals surface area contributed by atoms with Crippen LogP contribution in [-0.4, -0.2) is 68.4 Å². The van der Waals surface area contributed by atoms with Gasteiger partial charge >= 0.3 is 6.09 Å². The van der Waals surface area contributed by atoms with Gasteiger partial charge in [-0.1, -0.05) is 18.2 Å². The van der Waals surface area contributed by atoms with Gasteiger partial charge in [0.1, 0.15) is 23.1 Å². The standard InChI is InChI=1S/C33H38N6O4/c1-22-8-7-9-23(2)31(22)43-33(40)39(28-15-14-27(41-5)20-29(28)42-6)30-16-18-34-32(36-30)35-24-10-12-25(13-11-24)38-19-17-26(21-38)37(3)4/h7-16,18,20,26H,17,19,21H2,1-6H3,(H,34,35,36)/t26-/m1/s1. The fraction of sp³-hybridized carbons (Fsp3) is 0.303. The van der Waals surface area contributed by atoms with Crippen molar-refractivity contribution in [3.8, 4) is 17.2 Å². The Hall–Kier alpha value is -4.83. The summed E-state index contributed by atoms with van der Waals surface area (Å²) in [5, 5.41) is 3.27. The molecule has 1 aliphatic rings. The lowest BCUT2D eigenvalue weighted by atomic mass is 10.1. The van der Waals surface area contributed by atoms with E-state index in [-0.39, 0.29) is 0 Å². The zero-order valence-corrected chi connectivity index (χ0v) is 25.5. The minimum Gasteiger partial charge on any atom is -0.497 e. The number of likely N-dealkylation sites (N-methyl/N-ethyl adjacent to an activating group) is 1. The quantitative estimate of drug-likeness (QED) is 0.243. The fourth-order valence-corrected chi connectivity index (χ4v) is 5.19. The van der Waals surface area contributed by atoms with Crippen molar-refractivity contribution in [1.82, 2.24) is 14.9 Å². The van der Waals surface area contributed by atoms with Crippen LogP contribution in [0.1, 0.15) is 17.5 Å². The normalized spacial score (nSPS) is 14.5. The molecular formula is C33H38N6O4. The zero-order chi connectivity index (χ0) is 30.5. The number of carbonyl (C=O) groups excluding carboxylic acids is 1. The number of amides is 1. The molecule has 1 aliphatic heterocycles. The maximum atomic E-state index is 13.9. The number of nitrogens with one attached hydrogen (secondary N) is 1. The van der Waals surface area contributed by atoms with Gasteiger partial charge in [0, 0.05) is 48.8 Å². The van der Waals surface area contributed by atoms with Crippen LogP contribution < -0.4 is 29.3 Å². The van der Waals surface area contributed by atoms with E-state index in [0.29, 0.717) is 40.7 Å². The SMILES string of the molecule is COc1ccc(N(C(=O)Oc2c(C)cccc2C)c2ccnc(Nc3ccc(N4CC[C@@H](N(C)C)C4)cc3)n2)c(OC)c1. The molecule has 0 bridgehead atoms. The van der Waals surface area contributed by atoms with Crippen LogP contribution in [0.3, 0.4) is 0 Å². The van der Waals surface area contributed by atoms with Crippen LogP contribution in [0.25, 0.3) is 0 Å². The van der Waals surface area contributed by atoms with Crippen molar-refractivity contribution in [3.63, 3.8) is 0 Å². The minimum atomic E-state index is -0.642. The highest BCUT2D eigenvalue weighted by Crippen LogP contribution is 2.37. The second-order valence-corrected chi connectivity index (χ2v) is 10.7. The van der Waals surface area contributed by atoms with E-state index in [0.717, 1.165) is 36.3 Å². The Morgan fingerprint density at radius 3 is 2.37 bits per heavy atom. The summed E-state index contributed by atoms with van der Waals surface area (Å²) in [6.45, 7) is 5.84. The fourth-order valence-electron chi connectivity index (χ4n) is 5.19. The maximum absolute atomic E-state index is 13.9. The lowest BCUT2D eigenvalue weighted by Gasteiger charge is -2.24. The summed E-state index contributed by atoms with van der Waals surface area (Å²) in [6, 6.07) is 21.3. The molecule has 1 atom stereocenters. The van der Waals surface area contributed by atoms with E-state index in [2.05, 4.69) is 46.3 Å². The highest BCUT2D eigenvalue weighted by atomic mass is 16.6. The Morgan fingerprint density at radius 2 is 1.72 bits per heavy atom. The smallest absolute Gasteiger partial charge is 0.425 e. The van der Waals surface area contributed by atoms with Crippen LogP contribution in [0, 0.1) is 13.8 Å². The molecule has 43 heavy (non-hydrogen) atoms. The Balaban J connectivity index is 1.43. The number of aromatic nitrogens is 2. The number of benzene rings is 3. The first-order valence-corrected chi connectivity index (χ1v) is 14.2. The van der Waals surface area contributed by atoms with Crippen molar-refractivity contribution in [3.05, 3.63) is 84.1 Å². The van der Waals surface area contributed by atoms with E-state index in [1.54, 1.807) is 37.6 Å². The third-order valence-electron chi connectivity index (χ3n) is 7.66. The summed E-state index contributed by atoms with van der Waals surface area (Å²) >= 11 is 0. The Kier molecular flexibility index (Phi) is 8.96. The summed E-state index contributed by atoms with van der Waals surface area (Å²) in [5.74, 6) is 2.13. The van der Waals surface area contributed by atoms with Crippen LogP contribution in [0.5, 0.6) is 17.2 Å². The van der Waals surface area contributed by atoms with Crippen LogP contribution in [-0.2, 0) is 0 Å². The number of carbonyl (C=O) groups is 1. The number of rotatable bonds is 9. The van der Waals surface area contributed by atoms with Crippen LogP contribution in [0.15, 0.2) is 72.9 Å². The number of para-hydroxylation sites is 1. The van der Waals surface area contributed by atoms with Crippen molar-refractivity contribution in [2.24, 2.45) is 0 Å². The number of ether oxygens (including phenoxy) is 3. The molecule has 0 radical (unpaired) electrons. The average Bonchev–Trinajstić information content (AvgIpc) is 3.51.